The molecule has 10 nitrogen and oxygen atoms in total. The Morgan fingerprint density at radius 2 is 1.04 bits per heavy atom. The van der Waals surface area contributed by atoms with E-state index in [1.54, 1.807) is 12.4 Å². The Hall–Kier alpha value is -3.38. The van der Waals surface area contributed by atoms with Crippen molar-refractivity contribution in [2.24, 2.45) is 11.8 Å². The average Bonchev–Trinajstić information content (AvgIpc) is 3.03. The van der Waals surface area contributed by atoms with Gasteiger partial charge in [-0.25, -0.2) is 9.97 Å². The number of aliphatic hydroxyl groups excluding tert-OH is 2. The maximum Gasteiger partial charge on any atom is 0.149 e. The van der Waals surface area contributed by atoms with Gasteiger partial charge in [0.1, 0.15) is 11.6 Å². The van der Waals surface area contributed by atoms with E-state index in [9.17, 15) is 10.2 Å². The number of nitrogens with zero attached hydrogens (tertiary/aromatic N) is 4. The minimum atomic E-state index is -0.158. The molecule has 0 saturated heterocycles. The van der Waals surface area contributed by atoms with Crippen LogP contribution in [0.25, 0.3) is 33.6 Å². The molecule has 6 N–H and O–H groups in total. The number of aliphatic hydroxyl groups is 2. The van der Waals surface area contributed by atoms with Crippen molar-refractivity contribution in [3.8, 4) is 33.6 Å². The van der Waals surface area contributed by atoms with Crippen LogP contribution in [-0.2, 0) is 13.1 Å². The van der Waals surface area contributed by atoms with Crippen molar-refractivity contribution in [3.63, 3.8) is 0 Å². The van der Waals surface area contributed by atoms with Crippen molar-refractivity contribution in [1.82, 2.24) is 30.6 Å². The number of hydrogen-bond acceptors (Lipinski definition) is 10. The molecule has 2 heterocycles. The van der Waals surface area contributed by atoms with Gasteiger partial charge in [0.05, 0.1) is 57.4 Å². The molecule has 0 bridgehead atoms. The normalized spacial score (nSPS) is 20.6. The van der Waals surface area contributed by atoms with Crippen LogP contribution in [0.5, 0.6) is 0 Å². The van der Waals surface area contributed by atoms with Crippen molar-refractivity contribution >= 4 is 34.8 Å². The first-order valence-corrected chi connectivity index (χ1v) is 16.5. The summed E-state index contributed by atoms with van der Waals surface area (Å²) in [6.07, 6.45) is 6.57. The smallest absolute Gasteiger partial charge is 0.149 e. The number of hydrogen-bond donors (Lipinski definition) is 6. The molecule has 12 heteroatoms. The van der Waals surface area contributed by atoms with Crippen LogP contribution in [0.2, 0.25) is 10.0 Å². The van der Waals surface area contributed by atoms with Gasteiger partial charge in [-0.2, -0.15) is 0 Å². The summed E-state index contributed by atoms with van der Waals surface area (Å²) in [6, 6.07) is 11.6. The Labute approximate surface area is 279 Å². The molecule has 0 aliphatic heterocycles. The number of rotatable bonds is 13. The predicted molar refractivity (Wildman–Crippen MR) is 184 cm³/mol. The molecule has 2 aliphatic carbocycles. The third-order valence-corrected chi connectivity index (χ3v) is 9.70. The molecule has 2 aromatic heterocycles. The van der Waals surface area contributed by atoms with Crippen molar-refractivity contribution in [2.75, 3.05) is 37.8 Å². The summed E-state index contributed by atoms with van der Waals surface area (Å²) in [5.41, 5.74) is 5.98. The van der Waals surface area contributed by atoms with Gasteiger partial charge in [-0.1, -0.05) is 59.6 Å². The van der Waals surface area contributed by atoms with Gasteiger partial charge in [0.2, 0.25) is 0 Å². The quantitative estimate of drug-likeness (QED) is 0.111. The maximum atomic E-state index is 9.54. The Balaban J connectivity index is 1.21. The highest BCUT2D eigenvalue weighted by atomic mass is 35.5. The lowest BCUT2D eigenvalue weighted by Crippen LogP contribution is -2.36. The number of benzene rings is 2. The zero-order valence-electron chi connectivity index (χ0n) is 26.0. The van der Waals surface area contributed by atoms with Crippen molar-refractivity contribution in [3.05, 3.63) is 70.2 Å². The lowest BCUT2D eigenvalue weighted by Gasteiger charge is -2.31. The molecule has 6 rings (SSSR count). The summed E-state index contributed by atoms with van der Waals surface area (Å²) in [4.78, 5) is 19.1. The largest absolute Gasteiger partial charge is 0.393 e. The molecule has 242 valence electrons. The third kappa shape index (κ3) is 7.12. The van der Waals surface area contributed by atoms with Crippen LogP contribution in [0.4, 0.5) is 11.6 Å². The molecule has 0 unspecified atom stereocenters. The van der Waals surface area contributed by atoms with Gasteiger partial charge in [-0.05, 0) is 50.6 Å². The second-order valence-electron chi connectivity index (χ2n) is 12.2. The average molecular weight is 664 g/mol. The molecule has 0 atom stereocenters. The van der Waals surface area contributed by atoms with Gasteiger partial charge in [0.25, 0.3) is 0 Å². The van der Waals surface area contributed by atoms with E-state index in [1.807, 2.05) is 50.5 Å². The van der Waals surface area contributed by atoms with Crippen LogP contribution < -0.4 is 21.3 Å². The fraction of sp³-hybridized carbons (Fsp3) is 0.412. The first-order valence-electron chi connectivity index (χ1n) is 15.8. The van der Waals surface area contributed by atoms with Gasteiger partial charge in [-0.15, -0.1) is 0 Å². The van der Waals surface area contributed by atoms with Crippen molar-refractivity contribution in [2.45, 2.75) is 51.0 Å². The first-order chi connectivity index (χ1) is 22.3. The van der Waals surface area contributed by atoms with Gasteiger partial charge < -0.3 is 31.5 Å². The summed E-state index contributed by atoms with van der Waals surface area (Å²) < 4.78 is 0. The molecular formula is C34H40Cl2N8O2. The SMILES string of the molecule is CNc1nc(-c2cccc(-c3cccc(-c4cnc(CNCC5CC(O)C5)c(NC)n4)c3Cl)c2Cl)cnc1CNCC1CC(O)C1. The standard InChI is InChI=1S/C34H40Cl2N8O2/c1-37-33-29(15-39-13-19-9-21(45)10-19)41-17-27(43-33)25-7-3-5-23(31(25)35)24-6-4-8-26(32(24)36)28-18-42-30(34(38-2)44-28)16-40-14-20-11-22(46)12-20/h3-8,17-22,39-40,45-46H,9-16H2,1-2H3,(H,37,43)(H,38,44). The lowest BCUT2D eigenvalue weighted by atomic mass is 9.82. The van der Waals surface area contributed by atoms with Gasteiger partial charge >= 0.3 is 0 Å². The van der Waals surface area contributed by atoms with E-state index in [1.165, 1.54) is 0 Å². The van der Waals surface area contributed by atoms with E-state index >= 15 is 0 Å². The Bertz CT molecular complexity index is 1550. The van der Waals surface area contributed by atoms with E-state index in [2.05, 4.69) is 21.3 Å². The highest BCUT2D eigenvalue weighted by molar-refractivity contribution is 6.39. The molecule has 2 aliphatic rings. The minimum absolute atomic E-state index is 0.158. The van der Waals surface area contributed by atoms with Crippen molar-refractivity contribution < 1.29 is 10.2 Å². The molecular weight excluding hydrogens is 623 g/mol. The minimum Gasteiger partial charge on any atom is -0.393 e. The Morgan fingerprint density at radius 1 is 0.652 bits per heavy atom. The van der Waals surface area contributed by atoms with Gasteiger partial charge in [0, 0.05) is 49.4 Å². The summed E-state index contributed by atoms with van der Waals surface area (Å²) in [5.74, 6) is 2.37. The maximum absolute atomic E-state index is 9.54. The highest BCUT2D eigenvalue weighted by Crippen LogP contribution is 2.42. The number of halogens is 2. The summed E-state index contributed by atoms with van der Waals surface area (Å²) >= 11 is 14.1. The summed E-state index contributed by atoms with van der Waals surface area (Å²) in [7, 11) is 3.66. The van der Waals surface area contributed by atoms with E-state index in [4.69, 9.17) is 43.1 Å². The number of aromatic nitrogens is 4. The Kier molecular flexibility index (Phi) is 10.3. The van der Waals surface area contributed by atoms with Gasteiger partial charge in [-0.3, -0.25) is 9.97 Å². The van der Waals surface area contributed by atoms with E-state index < -0.39 is 0 Å². The summed E-state index contributed by atoms with van der Waals surface area (Å²) in [6.45, 7) is 2.83. The third-order valence-electron chi connectivity index (χ3n) is 8.88. The molecule has 0 amide bonds. The number of nitrogens with one attached hydrogen (secondary N) is 4. The Morgan fingerprint density at radius 3 is 1.41 bits per heavy atom. The molecule has 46 heavy (non-hydrogen) atoms. The second-order valence-corrected chi connectivity index (χ2v) is 12.9. The van der Waals surface area contributed by atoms with Crippen LogP contribution >= 0.6 is 23.2 Å². The molecule has 0 radical (unpaired) electrons. The topological polar surface area (TPSA) is 140 Å². The first kappa shape index (κ1) is 32.6. The fourth-order valence-electron chi connectivity index (χ4n) is 6.15. The van der Waals surface area contributed by atoms with Gasteiger partial charge in [0.15, 0.2) is 0 Å². The fourth-order valence-corrected chi connectivity index (χ4v) is 6.80. The van der Waals surface area contributed by atoms with Crippen LogP contribution in [0.1, 0.15) is 37.1 Å². The van der Waals surface area contributed by atoms with E-state index in [0.717, 1.165) is 72.4 Å². The molecule has 2 saturated carbocycles. The lowest BCUT2D eigenvalue weighted by molar-refractivity contribution is 0.0426. The molecule has 2 aromatic carbocycles. The predicted octanol–water partition coefficient (Wildman–Crippen LogP) is 5.38. The highest BCUT2D eigenvalue weighted by Gasteiger charge is 2.27. The van der Waals surface area contributed by atoms with Crippen LogP contribution in [0, 0.1) is 11.8 Å². The number of anilines is 2. The van der Waals surface area contributed by atoms with Crippen LogP contribution in [0.3, 0.4) is 0 Å². The van der Waals surface area contributed by atoms with Crippen LogP contribution in [0.15, 0.2) is 48.8 Å². The second kappa shape index (κ2) is 14.6. The zero-order valence-corrected chi connectivity index (χ0v) is 27.5. The zero-order chi connectivity index (χ0) is 32.2. The monoisotopic (exact) mass is 662 g/mol. The molecule has 0 spiro atoms. The van der Waals surface area contributed by atoms with Crippen LogP contribution in [-0.4, -0.2) is 69.5 Å². The van der Waals surface area contributed by atoms with Crippen molar-refractivity contribution in [1.29, 1.82) is 0 Å². The summed E-state index contributed by atoms with van der Waals surface area (Å²) in [5, 5.41) is 33.3. The molecule has 4 aromatic rings. The molecule has 2 fully saturated rings. The van der Waals surface area contributed by atoms with E-state index in [0.29, 0.717) is 58.0 Å². The van der Waals surface area contributed by atoms with E-state index in [-0.39, 0.29) is 12.2 Å².